The molecule has 11 heavy (non-hydrogen) atoms. The number of nitrogens with two attached hydrogens (primary N) is 1. The molecule has 2 heteroatoms. The lowest BCUT2D eigenvalue weighted by Crippen LogP contribution is -2.08. The van der Waals surface area contributed by atoms with Crippen LogP contribution in [-0.2, 0) is 0 Å². The second kappa shape index (κ2) is 3.58. The Morgan fingerprint density at radius 1 is 1.64 bits per heavy atom. The largest absolute Gasteiger partial charge is 0.469 e. The van der Waals surface area contributed by atoms with Crippen molar-refractivity contribution in [3.05, 3.63) is 23.7 Å². The zero-order chi connectivity index (χ0) is 8.27. The minimum absolute atomic E-state index is 0.150. The third-order valence-corrected chi connectivity index (χ3v) is 1.78. The number of hydrogen-bond donors (Lipinski definition) is 1. The van der Waals surface area contributed by atoms with Crippen molar-refractivity contribution in [2.75, 3.05) is 0 Å². The first-order valence-corrected chi connectivity index (χ1v) is 4.04. The predicted molar refractivity (Wildman–Crippen MR) is 45.3 cm³/mol. The molecule has 2 N–H and O–H groups in total. The normalized spacial score (nSPS) is 13.4. The minimum Gasteiger partial charge on any atom is -0.469 e. The van der Waals surface area contributed by atoms with E-state index in [4.69, 9.17) is 10.2 Å². The zero-order valence-corrected chi connectivity index (χ0v) is 7.13. The molecule has 0 aromatic carbocycles. The van der Waals surface area contributed by atoms with Crippen molar-refractivity contribution in [2.45, 2.75) is 32.7 Å². The van der Waals surface area contributed by atoms with Crippen LogP contribution in [0.5, 0.6) is 0 Å². The molecule has 2 nitrogen and oxygen atoms in total. The van der Waals surface area contributed by atoms with E-state index < -0.39 is 0 Å². The molecule has 1 aromatic heterocycles. The summed E-state index contributed by atoms with van der Waals surface area (Å²) in [7, 11) is 0. The number of aryl methyl sites for hydroxylation is 1. The molecule has 1 unspecified atom stereocenters. The molecule has 0 saturated heterocycles. The molecule has 0 aliphatic carbocycles. The van der Waals surface area contributed by atoms with Crippen LogP contribution >= 0.6 is 0 Å². The van der Waals surface area contributed by atoms with Crippen molar-refractivity contribution in [1.82, 2.24) is 0 Å². The van der Waals surface area contributed by atoms with E-state index in [1.165, 1.54) is 0 Å². The maximum absolute atomic E-state index is 5.86. The van der Waals surface area contributed by atoms with Crippen molar-refractivity contribution < 1.29 is 4.42 Å². The van der Waals surface area contributed by atoms with Crippen molar-refractivity contribution in [2.24, 2.45) is 5.73 Å². The highest BCUT2D eigenvalue weighted by Gasteiger charge is 2.06. The molecule has 1 aromatic rings. The SMILES string of the molecule is CCCC(N)c1coc(C)c1. The average molecular weight is 153 g/mol. The molecule has 0 saturated carbocycles. The van der Waals surface area contributed by atoms with Gasteiger partial charge in [0.2, 0.25) is 0 Å². The monoisotopic (exact) mass is 153 g/mol. The summed E-state index contributed by atoms with van der Waals surface area (Å²) < 4.78 is 5.15. The van der Waals surface area contributed by atoms with Gasteiger partial charge < -0.3 is 10.2 Å². The summed E-state index contributed by atoms with van der Waals surface area (Å²) in [5, 5.41) is 0. The van der Waals surface area contributed by atoms with Crippen LogP contribution in [0.25, 0.3) is 0 Å². The van der Waals surface area contributed by atoms with Gasteiger partial charge in [-0.1, -0.05) is 13.3 Å². The molecule has 1 atom stereocenters. The lowest BCUT2D eigenvalue weighted by atomic mass is 10.1. The van der Waals surface area contributed by atoms with E-state index >= 15 is 0 Å². The zero-order valence-electron chi connectivity index (χ0n) is 7.13. The van der Waals surface area contributed by atoms with Gasteiger partial charge in [0, 0.05) is 11.6 Å². The highest BCUT2D eigenvalue weighted by molar-refractivity contribution is 5.15. The maximum Gasteiger partial charge on any atom is 0.101 e. The fourth-order valence-corrected chi connectivity index (χ4v) is 1.14. The molecule has 0 fully saturated rings. The van der Waals surface area contributed by atoms with Gasteiger partial charge in [-0.3, -0.25) is 0 Å². The first-order valence-electron chi connectivity index (χ1n) is 4.04. The van der Waals surface area contributed by atoms with Crippen LogP contribution in [0, 0.1) is 6.92 Å². The van der Waals surface area contributed by atoms with Gasteiger partial charge in [0.1, 0.15) is 5.76 Å². The molecule has 62 valence electrons. The summed E-state index contributed by atoms with van der Waals surface area (Å²) in [4.78, 5) is 0. The molecular weight excluding hydrogens is 138 g/mol. The van der Waals surface area contributed by atoms with Gasteiger partial charge in [-0.25, -0.2) is 0 Å². The van der Waals surface area contributed by atoms with Crippen molar-refractivity contribution in [3.63, 3.8) is 0 Å². The average Bonchev–Trinajstić information content (AvgIpc) is 2.36. The van der Waals surface area contributed by atoms with Crippen molar-refractivity contribution >= 4 is 0 Å². The third-order valence-electron chi connectivity index (χ3n) is 1.78. The van der Waals surface area contributed by atoms with E-state index in [1.807, 2.05) is 13.0 Å². The Kier molecular flexibility index (Phi) is 2.71. The van der Waals surface area contributed by atoms with E-state index in [2.05, 4.69) is 6.92 Å². The van der Waals surface area contributed by atoms with Crippen LogP contribution in [-0.4, -0.2) is 0 Å². The molecule has 0 aliphatic heterocycles. The van der Waals surface area contributed by atoms with E-state index in [1.54, 1.807) is 6.26 Å². The molecule has 1 heterocycles. The first kappa shape index (κ1) is 8.34. The number of rotatable bonds is 3. The highest BCUT2D eigenvalue weighted by Crippen LogP contribution is 2.17. The Hall–Kier alpha value is -0.760. The summed E-state index contributed by atoms with van der Waals surface area (Å²) in [5.74, 6) is 0.937. The van der Waals surface area contributed by atoms with Gasteiger partial charge in [-0.2, -0.15) is 0 Å². The Morgan fingerprint density at radius 3 is 2.82 bits per heavy atom. The molecule has 0 bridgehead atoms. The molecule has 0 amide bonds. The Morgan fingerprint density at radius 2 is 2.36 bits per heavy atom. The smallest absolute Gasteiger partial charge is 0.101 e. The minimum atomic E-state index is 0.150. The van der Waals surface area contributed by atoms with Gasteiger partial charge in [-0.15, -0.1) is 0 Å². The lowest BCUT2D eigenvalue weighted by Gasteiger charge is -2.05. The number of hydrogen-bond acceptors (Lipinski definition) is 2. The topological polar surface area (TPSA) is 39.2 Å². The second-order valence-electron chi connectivity index (χ2n) is 2.89. The molecule has 0 spiro atoms. The van der Waals surface area contributed by atoms with Crippen LogP contribution in [0.3, 0.4) is 0 Å². The molecule has 0 aliphatic rings. The fraction of sp³-hybridized carbons (Fsp3) is 0.556. The van der Waals surface area contributed by atoms with Gasteiger partial charge in [0.15, 0.2) is 0 Å². The van der Waals surface area contributed by atoms with E-state index in [0.29, 0.717) is 0 Å². The molecule has 0 radical (unpaired) electrons. The Balaban J connectivity index is 2.60. The van der Waals surface area contributed by atoms with Gasteiger partial charge in [-0.05, 0) is 19.4 Å². The standard InChI is InChI=1S/C9H15NO/c1-3-4-9(10)8-5-7(2)11-6-8/h5-6,9H,3-4,10H2,1-2H3. The Labute approximate surface area is 67.4 Å². The van der Waals surface area contributed by atoms with Crippen LogP contribution < -0.4 is 5.73 Å². The summed E-state index contributed by atoms with van der Waals surface area (Å²) in [6.07, 6.45) is 3.89. The fourth-order valence-electron chi connectivity index (χ4n) is 1.14. The molecule has 1 rings (SSSR count). The van der Waals surface area contributed by atoms with Crippen molar-refractivity contribution in [1.29, 1.82) is 0 Å². The number of furan rings is 1. The molecular formula is C9H15NO. The summed E-state index contributed by atoms with van der Waals surface area (Å²) >= 11 is 0. The second-order valence-corrected chi connectivity index (χ2v) is 2.89. The Bertz CT molecular complexity index is 217. The summed E-state index contributed by atoms with van der Waals surface area (Å²) in [6.45, 7) is 4.06. The van der Waals surface area contributed by atoms with E-state index in [0.717, 1.165) is 24.2 Å². The van der Waals surface area contributed by atoms with E-state index in [-0.39, 0.29) is 6.04 Å². The van der Waals surface area contributed by atoms with Crippen LogP contribution in [0.2, 0.25) is 0 Å². The summed E-state index contributed by atoms with van der Waals surface area (Å²) in [5.41, 5.74) is 6.97. The van der Waals surface area contributed by atoms with Gasteiger partial charge >= 0.3 is 0 Å². The van der Waals surface area contributed by atoms with Crippen LogP contribution in [0.15, 0.2) is 16.7 Å². The van der Waals surface area contributed by atoms with Gasteiger partial charge in [0.25, 0.3) is 0 Å². The lowest BCUT2D eigenvalue weighted by molar-refractivity contribution is 0.525. The maximum atomic E-state index is 5.86. The van der Waals surface area contributed by atoms with Crippen LogP contribution in [0.1, 0.15) is 37.1 Å². The van der Waals surface area contributed by atoms with Gasteiger partial charge in [0.05, 0.1) is 6.26 Å². The predicted octanol–water partition coefficient (Wildman–Crippen LogP) is 2.39. The highest BCUT2D eigenvalue weighted by atomic mass is 16.3. The quantitative estimate of drug-likeness (QED) is 0.724. The van der Waals surface area contributed by atoms with Crippen LogP contribution in [0.4, 0.5) is 0 Å². The van der Waals surface area contributed by atoms with Crippen molar-refractivity contribution in [3.8, 4) is 0 Å². The third kappa shape index (κ3) is 2.09. The summed E-state index contributed by atoms with van der Waals surface area (Å²) in [6, 6.07) is 2.15. The van der Waals surface area contributed by atoms with E-state index in [9.17, 15) is 0 Å². The first-order chi connectivity index (χ1) is 5.24.